The zero-order valence-electron chi connectivity index (χ0n) is 13.7. The first-order valence-corrected chi connectivity index (χ1v) is 8.52. The summed E-state index contributed by atoms with van der Waals surface area (Å²) in [6.07, 6.45) is 1.50. The van der Waals surface area contributed by atoms with Crippen LogP contribution in [0.1, 0.15) is 24.8 Å². The first-order chi connectivity index (χ1) is 11.4. The lowest BCUT2D eigenvalue weighted by Crippen LogP contribution is -2.46. The van der Waals surface area contributed by atoms with Crippen molar-refractivity contribution in [1.29, 1.82) is 0 Å². The van der Waals surface area contributed by atoms with Gasteiger partial charge in [0.15, 0.2) is 0 Å². The second kappa shape index (κ2) is 6.86. The molecule has 2 aliphatic heterocycles. The number of carboxylic acid groups (broad SMARTS) is 1. The van der Waals surface area contributed by atoms with Gasteiger partial charge >= 0.3 is 6.09 Å². The molecular formula is C17H22ClFN2O3. The van der Waals surface area contributed by atoms with Crippen LogP contribution in [-0.4, -0.2) is 59.4 Å². The molecule has 24 heavy (non-hydrogen) atoms. The molecule has 7 heteroatoms. The minimum atomic E-state index is -0.859. The summed E-state index contributed by atoms with van der Waals surface area (Å²) in [5.74, 6) is -0.334. The lowest BCUT2D eigenvalue weighted by Gasteiger charge is -2.37. The molecule has 0 radical (unpaired) electrons. The quantitative estimate of drug-likeness (QED) is 0.903. The van der Waals surface area contributed by atoms with Crippen LogP contribution in [0.3, 0.4) is 0 Å². The third kappa shape index (κ3) is 3.66. The zero-order valence-corrected chi connectivity index (χ0v) is 14.4. The Hall–Kier alpha value is -1.37. The van der Waals surface area contributed by atoms with Gasteiger partial charge in [0.1, 0.15) is 5.82 Å². The van der Waals surface area contributed by atoms with Crippen LogP contribution in [0.5, 0.6) is 0 Å². The Bertz CT molecular complexity index is 620. The molecule has 2 heterocycles. The first kappa shape index (κ1) is 17.5. The Morgan fingerprint density at radius 2 is 2.21 bits per heavy atom. The molecule has 5 nitrogen and oxygen atoms in total. The molecule has 0 saturated carbocycles. The summed E-state index contributed by atoms with van der Waals surface area (Å²) in [7, 11) is 2.01. The second-order valence-corrected chi connectivity index (χ2v) is 7.18. The van der Waals surface area contributed by atoms with Crippen molar-refractivity contribution in [1.82, 2.24) is 9.80 Å². The van der Waals surface area contributed by atoms with E-state index < -0.39 is 6.09 Å². The van der Waals surface area contributed by atoms with Gasteiger partial charge in [0.25, 0.3) is 0 Å². The third-order valence-corrected chi connectivity index (χ3v) is 5.54. The fraction of sp³-hybridized carbons (Fsp3) is 0.588. The number of nitrogens with zero attached hydrogens (tertiary/aromatic N) is 2. The first-order valence-electron chi connectivity index (χ1n) is 8.14. The lowest BCUT2D eigenvalue weighted by molar-refractivity contribution is -0.0399. The molecule has 0 aliphatic carbocycles. The van der Waals surface area contributed by atoms with Crippen LogP contribution in [0.25, 0.3) is 0 Å². The topological polar surface area (TPSA) is 53.0 Å². The molecule has 1 amide bonds. The Balaban J connectivity index is 1.58. The molecule has 3 rings (SSSR count). The molecule has 132 valence electrons. The molecule has 0 bridgehead atoms. The van der Waals surface area contributed by atoms with Gasteiger partial charge in [-0.15, -0.1) is 0 Å². The number of piperidine rings is 1. The van der Waals surface area contributed by atoms with Gasteiger partial charge in [-0.2, -0.15) is 0 Å². The van der Waals surface area contributed by atoms with Gasteiger partial charge in [0.2, 0.25) is 0 Å². The summed E-state index contributed by atoms with van der Waals surface area (Å²) in [5, 5.41) is 9.49. The molecule has 2 saturated heterocycles. The van der Waals surface area contributed by atoms with E-state index >= 15 is 0 Å². The van der Waals surface area contributed by atoms with E-state index in [-0.39, 0.29) is 17.5 Å². The molecule has 2 fully saturated rings. The van der Waals surface area contributed by atoms with E-state index in [1.54, 1.807) is 6.07 Å². The molecule has 1 aromatic carbocycles. The molecule has 2 aliphatic rings. The van der Waals surface area contributed by atoms with E-state index in [0.29, 0.717) is 31.3 Å². The van der Waals surface area contributed by atoms with Crippen LogP contribution in [0.2, 0.25) is 5.02 Å². The molecule has 1 aromatic rings. The van der Waals surface area contributed by atoms with Gasteiger partial charge < -0.3 is 14.7 Å². The number of hydrogen-bond donors (Lipinski definition) is 1. The van der Waals surface area contributed by atoms with Crippen molar-refractivity contribution in [2.45, 2.75) is 37.5 Å². The van der Waals surface area contributed by atoms with E-state index in [9.17, 15) is 9.18 Å². The van der Waals surface area contributed by atoms with Crippen LogP contribution < -0.4 is 0 Å². The summed E-state index contributed by atoms with van der Waals surface area (Å²) in [6, 6.07) is 4.72. The number of rotatable bonds is 3. The summed E-state index contributed by atoms with van der Waals surface area (Å²) < 4.78 is 19.2. The maximum atomic E-state index is 13.1. The van der Waals surface area contributed by atoms with Crippen molar-refractivity contribution in [3.8, 4) is 0 Å². The maximum absolute atomic E-state index is 13.1. The Labute approximate surface area is 145 Å². The van der Waals surface area contributed by atoms with Crippen LogP contribution in [0, 0.1) is 5.82 Å². The van der Waals surface area contributed by atoms with Crippen molar-refractivity contribution in [2.24, 2.45) is 0 Å². The van der Waals surface area contributed by atoms with Gasteiger partial charge in [0, 0.05) is 30.7 Å². The number of carbonyl (C=O) groups is 1. The summed E-state index contributed by atoms with van der Waals surface area (Å²) in [6.45, 7) is 2.30. The minimum Gasteiger partial charge on any atom is -0.465 e. The van der Waals surface area contributed by atoms with Gasteiger partial charge in [-0.1, -0.05) is 17.7 Å². The lowest BCUT2D eigenvalue weighted by atomic mass is 9.87. The van der Waals surface area contributed by atoms with E-state index in [4.69, 9.17) is 21.4 Å². The van der Waals surface area contributed by atoms with Gasteiger partial charge in [-0.05, 0) is 44.0 Å². The highest BCUT2D eigenvalue weighted by Crippen LogP contribution is 2.37. The number of hydrogen-bond acceptors (Lipinski definition) is 3. The average molecular weight is 357 g/mol. The Morgan fingerprint density at radius 1 is 1.50 bits per heavy atom. The van der Waals surface area contributed by atoms with E-state index in [1.165, 1.54) is 17.0 Å². The molecule has 1 spiro atoms. The van der Waals surface area contributed by atoms with Crippen molar-refractivity contribution in [3.63, 3.8) is 0 Å². The molecular weight excluding hydrogens is 335 g/mol. The fourth-order valence-corrected chi connectivity index (χ4v) is 3.83. The number of ether oxygens (including phenoxy) is 1. The van der Waals surface area contributed by atoms with E-state index in [0.717, 1.165) is 24.8 Å². The third-order valence-electron chi connectivity index (χ3n) is 5.19. The minimum absolute atomic E-state index is 0.211. The highest BCUT2D eigenvalue weighted by Gasteiger charge is 2.44. The van der Waals surface area contributed by atoms with Crippen molar-refractivity contribution < 1.29 is 19.0 Å². The fourth-order valence-electron chi connectivity index (χ4n) is 3.61. The number of halogens is 2. The smallest absolute Gasteiger partial charge is 0.407 e. The molecule has 1 unspecified atom stereocenters. The molecule has 0 aromatic heterocycles. The van der Waals surface area contributed by atoms with Gasteiger partial charge in [-0.25, -0.2) is 9.18 Å². The SMILES string of the molecule is CN(Cc1ccc(F)cc1Cl)C1COC2(CCN(C(=O)O)CC2)C1. The number of benzene rings is 1. The van der Waals surface area contributed by atoms with Crippen LogP contribution in [0.15, 0.2) is 18.2 Å². The van der Waals surface area contributed by atoms with Crippen LogP contribution in [0.4, 0.5) is 9.18 Å². The average Bonchev–Trinajstić information content (AvgIpc) is 2.94. The van der Waals surface area contributed by atoms with Crippen molar-refractivity contribution in [3.05, 3.63) is 34.6 Å². The Morgan fingerprint density at radius 3 is 2.83 bits per heavy atom. The van der Waals surface area contributed by atoms with Crippen LogP contribution >= 0.6 is 11.6 Å². The Kier molecular flexibility index (Phi) is 4.99. The predicted octanol–water partition coefficient (Wildman–Crippen LogP) is 3.21. The number of amides is 1. The van der Waals surface area contributed by atoms with Crippen molar-refractivity contribution in [2.75, 3.05) is 26.7 Å². The second-order valence-electron chi connectivity index (χ2n) is 6.77. The van der Waals surface area contributed by atoms with Gasteiger partial charge in [0.05, 0.1) is 12.2 Å². The summed E-state index contributed by atoms with van der Waals surface area (Å²) in [5.41, 5.74) is 0.680. The highest BCUT2D eigenvalue weighted by molar-refractivity contribution is 6.31. The number of likely N-dealkylation sites (N-methyl/N-ethyl adjacent to an activating group) is 1. The largest absolute Gasteiger partial charge is 0.465 e. The van der Waals surface area contributed by atoms with Crippen molar-refractivity contribution >= 4 is 17.7 Å². The number of likely N-dealkylation sites (tertiary alicyclic amines) is 1. The summed E-state index contributed by atoms with van der Waals surface area (Å²) in [4.78, 5) is 14.7. The van der Waals surface area contributed by atoms with Crippen LogP contribution in [-0.2, 0) is 11.3 Å². The monoisotopic (exact) mass is 356 g/mol. The normalized spacial score (nSPS) is 23.2. The zero-order chi connectivity index (χ0) is 17.3. The standard InChI is InChI=1S/C17H22ClFN2O3/c1-20(10-12-2-3-13(19)8-15(12)18)14-9-17(24-11-14)4-6-21(7-5-17)16(22)23/h2-3,8,14H,4-7,9-11H2,1H3,(H,22,23). The molecule has 1 N–H and O–H groups in total. The maximum Gasteiger partial charge on any atom is 0.407 e. The molecule has 1 atom stereocenters. The van der Waals surface area contributed by atoms with E-state index in [1.807, 2.05) is 7.05 Å². The predicted molar refractivity (Wildman–Crippen MR) is 88.8 cm³/mol. The highest BCUT2D eigenvalue weighted by atomic mass is 35.5. The van der Waals surface area contributed by atoms with Gasteiger partial charge in [-0.3, -0.25) is 4.90 Å². The van der Waals surface area contributed by atoms with E-state index in [2.05, 4.69) is 4.90 Å². The summed E-state index contributed by atoms with van der Waals surface area (Å²) >= 11 is 6.11.